The van der Waals surface area contributed by atoms with Crippen LogP contribution >= 0.6 is 11.8 Å². The first-order valence-electron chi connectivity index (χ1n) is 5.73. The molecule has 0 fully saturated rings. The molecule has 0 aromatic carbocycles. The molecule has 0 amide bonds. The number of hydrogen-bond donors (Lipinski definition) is 1. The second-order valence-corrected chi connectivity index (χ2v) is 5.22. The first-order valence-corrected chi connectivity index (χ1v) is 6.88. The van der Waals surface area contributed by atoms with Crippen molar-refractivity contribution in [3.8, 4) is 0 Å². The number of nitrogens with one attached hydrogen (secondary N) is 1. The van der Waals surface area contributed by atoms with Gasteiger partial charge in [0.05, 0.1) is 12.1 Å². The predicted molar refractivity (Wildman–Crippen MR) is 67.6 cm³/mol. The van der Waals surface area contributed by atoms with E-state index in [0.717, 1.165) is 18.0 Å². The maximum Gasteiger partial charge on any atom is 0.168 e. The van der Waals surface area contributed by atoms with E-state index in [1.807, 2.05) is 23.5 Å². The van der Waals surface area contributed by atoms with Crippen molar-refractivity contribution < 1.29 is 0 Å². The summed E-state index contributed by atoms with van der Waals surface area (Å²) in [6.45, 7) is 6.41. The van der Waals surface area contributed by atoms with E-state index < -0.39 is 0 Å². The Morgan fingerprint density at radius 3 is 2.81 bits per heavy atom. The van der Waals surface area contributed by atoms with Crippen LogP contribution in [0, 0.1) is 0 Å². The van der Waals surface area contributed by atoms with Crippen molar-refractivity contribution in [2.24, 2.45) is 0 Å². The lowest BCUT2D eigenvalue weighted by Crippen LogP contribution is -2.20. The highest BCUT2D eigenvalue weighted by Gasteiger charge is 2.16. The zero-order valence-corrected chi connectivity index (χ0v) is 11.3. The van der Waals surface area contributed by atoms with E-state index >= 15 is 0 Å². The molecule has 92 valence electrons. The maximum absolute atomic E-state index is 4.07. The average molecular weight is 243 g/mol. The third-order valence-corrected chi connectivity index (χ3v) is 3.57. The van der Waals surface area contributed by atoms with Crippen LogP contribution in [0.15, 0.2) is 0 Å². The van der Waals surface area contributed by atoms with Gasteiger partial charge in [-0.2, -0.15) is 11.8 Å². The molecule has 0 radical (unpaired) electrons. The SMILES string of the molecule is CCSCCC(C)n1nnnc1C(C)NC. The molecule has 1 rings (SSSR count). The van der Waals surface area contributed by atoms with Crippen molar-refractivity contribution in [3.63, 3.8) is 0 Å². The largest absolute Gasteiger partial charge is 0.311 e. The highest BCUT2D eigenvalue weighted by molar-refractivity contribution is 7.99. The van der Waals surface area contributed by atoms with Gasteiger partial charge in [0.15, 0.2) is 5.82 Å². The number of thioether (sulfide) groups is 1. The Balaban J connectivity index is 2.60. The van der Waals surface area contributed by atoms with Crippen molar-refractivity contribution >= 4 is 11.8 Å². The Labute approximate surface area is 101 Å². The van der Waals surface area contributed by atoms with Crippen LogP contribution < -0.4 is 5.32 Å². The van der Waals surface area contributed by atoms with Gasteiger partial charge in [0.25, 0.3) is 0 Å². The van der Waals surface area contributed by atoms with Gasteiger partial charge in [0.2, 0.25) is 0 Å². The van der Waals surface area contributed by atoms with Crippen LogP contribution in [-0.4, -0.2) is 38.8 Å². The standard InChI is InChI=1S/C10H21N5S/c1-5-16-7-6-8(2)15-10(9(3)11-4)12-13-14-15/h8-9,11H,5-7H2,1-4H3. The number of hydrogen-bond acceptors (Lipinski definition) is 5. The van der Waals surface area contributed by atoms with Crippen LogP contribution in [0.5, 0.6) is 0 Å². The molecule has 16 heavy (non-hydrogen) atoms. The lowest BCUT2D eigenvalue weighted by molar-refractivity contribution is 0.428. The van der Waals surface area contributed by atoms with Crippen LogP contribution in [-0.2, 0) is 0 Å². The summed E-state index contributed by atoms with van der Waals surface area (Å²) < 4.78 is 1.93. The van der Waals surface area contributed by atoms with Crippen LogP contribution in [0.2, 0.25) is 0 Å². The van der Waals surface area contributed by atoms with Gasteiger partial charge >= 0.3 is 0 Å². The van der Waals surface area contributed by atoms with Crippen LogP contribution in [0.3, 0.4) is 0 Å². The molecule has 1 N–H and O–H groups in total. The molecule has 0 spiro atoms. The average Bonchev–Trinajstić information content (AvgIpc) is 2.77. The summed E-state index contributed by atoms with van der Waals surface area (Å²) in [5, 5.41) is 15.1. The monoisotopic (exact) mass is 243 g/mol. The minimum atomic E-state index is 0.191. The maximum atomic E-state index is 4.07. The molecular weight excluding hydrogens is 222 g/mol. The summed E-state index contributed by atoms with van der Waals surface area (Å²) >= 11 is 1.96. The Kier molecular flexibility index (Phi) is 5.76. The molecule has 1 aromatic rings. The highest BCUT2D eigenvalue weighted by Crippen LogP contribution is 2.17. The number of aromatic nitrogens is 4. The molecule has 2 atom stereocenters. The zero-order chi connectivity index (χ0) is 12.0. The lowest BCUT2D eigenvalue weighted by Gasteiger charge is -2.16. The van der Waals surface area contributed by atoms with Crippen molar-refractivity contribution in [2.75, 3.05) is 18.6 Å². The van der Waals surface area contributed by atoms with Gasteiger partial charge in [-0.3, -0.25) is 0 Å². The van der Waals surface area contributed by atoms with Gasteiger partial charge in [-0.1, -0.05) is 6.92 Å². The van der Waals surface area contributed by atoms with Gasteiger partial charge < -0.3 is 5.32 Å². The summed E-state index contributed by atoms with van der Waals surface area (Å²) in [4.78, 5) is 0. The molecule has 0 aliphatic carbocycles. The Morgan fingerprint density at radius 2 is 2.19 bits per heavy atom. The second kappa shape index (κ2) is 6.85. The Hall–Kier alpha value is -0.620. The summed E-state index contributed by atoms with van der Waals surface area (Å²) in [5.41, 5.74) is 0. The van der Waals surface area contributed by atoms with Crippen molar-refractivity contribution in [1.82, 2.24) is 25.5 Å². The fraction of sp³-hybridized carbons (Fsp3) is 0.900. The summed E-state index contributed by atoms with van der Waals surface area (Å²) in [6, 6.07) is 0.552. The Morgan fingerprint density at radius 1 is 1.44 bits per heavy atom. The summed E-state index contributed by atoms with van der Waals surface area (Å²) in [6.07, 6.45) is 1.10. The molecular formula is C10H21N5S. The molecule has 0 saturated heterocycles. The van der Waals surface area contributed by atoms with E-state index in [0.29, 0.717) is 6.04 Å². The highest BCUT2D eigenvalue weighted by atomic mass is 32.2. The van der Waals surface area contributed by atoms with Crippen LogP contribution in [0.25, 0.3) is 0 Å². The molecule has 0 aliphatic heterocycles. The smallest absolute Gasteiger partial charge is 0.168 e. The van der Waals surface area contributed by atoms with E-state index in [1.165, 1.54) is 5.75 Å². The number of rotatable bonds is 7. The van der Waals surface area contributed by atoms with Crippen LogP contribution in [0.4, 0.5) is 0 Å². The number of tetrazole rings is 1. The third-order valence-electron chi connectivity index (χ3n) is 2.64. The van der Waals surface area contributed by atoms with E-state index in [-0.39, 0.29) is 6.04 Å². The van der Waals surface area contributed by atoms with Crippen molar-refractivity contribution in [1.29, 1.82) is 0 Å². The molecule has 1 aromatic heterocycles. The summed E-state index contributed by atoms with van der Waals surface area (Å²) in [5.74, 6) is 3.24. The molecule has 5 nitrogen and oxygen atoms in total. The van der Waals surface area contributed by atoms with E-state index in [9.17, 15) is 0 Å². The topological polar surface area (TPSA) is 55.6 Å². The lowest BCUT2D eigenvalue weighted by atomic mass is 10.2. The normalized spacial score (nSPS) is 15.0. The molecule has 0 saturated carbocycles. The fourth-order valence-electron chi connectivity index (χ4n) is 1.45. The van der Waals surface area contributed by atoms with E-state index in [4.69, 9.17) is 0 Å². The van der Waals surface area contributed by atoms with Gasteiger partial charge in [-0.15, -0.1) is 5.10 Å². The first kappa shape index (κ1) is 13.4. The van der Waals surface area contributed by atoms with Gasteiger partial charge in [0.1, 0.15) is 0 Å². The summed E-state index contributed by atoms with van der Waals surface area (Å²) in [7, 11) is 1.92. The Bertz CT molecular complexity index is 301. The quantitative estimate of drug-likeness (QED) is 0.738. The van der Waals surface area contributed by atoms with Gasteiger partial charge in [0, 0.05) is 0 Å². The zero-order valence-electron chi connectivity index (χ0n) is 10.5. The first-order chi connectivity index (χ1) is 7.70. The molecule has 2 unspecified atom stereocenters. The molecule has 0 aliphatic rings. The molecule has 6 heteroatoms. The number of nitrogens with zero attached hydrogens (tertiary/aromatic N) is 4. The van der Waals surface area contributed by atoms with Gasteiger partial charge in [-0.05, 0) is 49.2 Å². The predicted octanol–water partition coefficient (Wildman–Crippen LogP) is 1.66. The van der Waals surface area contributed by atoms with E-state index in [1.54, 1.807) is 0 Å². The third kappa shape index (κ3) is 3.45. The van der Waals surface area contributed by atoms with E-state index in [2.05, 4.69) is 41.6 Å². The fourth-order valence-corrected chi connectivity index (χ4v) is 2.25. The minimum Gasteiger partial charge on any atom is -0.311 e. The molecule has 1 heterocycles. The van der Waals surface area contributed by atoms with Crippen LogP contribution in [0.1, 0.15) is 45.1 Å². The minimum absolute atomic E-state index is 0.191. The molecule has 0 bridgehead atoms. The second-order valence-electron chi connectivity index (χ2n) is 3.83. The van der Waals surface area contributed by atoms with Gasteiger partial charge in [-0.25, -0.2) is 4.68 Å². The van der Waals surface area contributed by atoms with Crippen molar-refractivity contribution in [2.45, 2.75) is 39.3 Å². The van der Waals surface area contributed by atoms with Crippen molar-refractivity contribution in [3.05, 3.63) is 5.82 Å².